The van der Waals surface area contributed by atoms with Gasteiger partial charge in [0.15, 0.2) is 18.2 Å². The number of hydrogen-bond donors (Lipinski definition) is 2. The summed E-state index contributed by atoms with van der Waals surface area (Å²) in [6, 6.07) is 8.18. The van der Waals surface area contributed by atoms with Crippen LogP contribution < -0.4 is 20.9 Å². The lowest BCUT2D eigenvalue weighted by Gasteiger charge is -2.45. The molecule has 3 aromatic heterocycles. The van der Waals surface area contributed by atoms with Crippen LogP contribution in [0.3, 0.4) is 0 Å². The van der Waals surface area contributed by atoms with Crippen molar-refractivity contribution in [1.82, 2.24) is 19.9 Å². The van der Waals surface area contributed by atoms with Gasteiger partial charge in [-0.2, -0.15) is 0 Å². The number of hydrogen-bond acceptors (Lipinski definition) is 7. The number of carbonyl (C=O) groups excluding carboxylic acids is 1. The van der Waals surface area contributed by atoms with Crippen LogP contribution in [0.1, 0.15) is 44.7 Å². The second kappa shape index (κ2) is 9.59. The molecule has 5 rings (SSSR count). The van der Waals surface area contributed by atoms with Crippen molar-refractivity contribution in [2.24, 2.45) is 0 Å². The molecule has 0 radical (unpaired) electrons. The van der Waals surface area contributed by atoms with Crippen LogP contribution in [0.5, 0.6) is 5.75 Å². The molecule has 10 heteroatoms. The van der Waals surface area contributed by atoms with Gasteiger partial charge in [-0.05, 0) is 57.2 Å². The molecule has 0 bridgehead atoms. The van der Waals surface area contributed by atoms with Gasteiger partial charge in [0.2, 0.25) is 0 Å². The van der Waals surface area contributed by atoms with E-state index < -0.39 is 5.82 Å². The first-order valence-corrected chi connectivity index (χ1v) is 12.2. The fourth-order valence-electron chi connectivity index (χ4n) is 5.09. The van der Waals surface area contributed by atoms with E-state index in [-0.39, 0.29) is 29.2 Å². The zero-order valence-corrected chi connectivity index (χ0v) is 20.5. The summed E-state index contributed by atoms with van der Waals surface area (Å²) in [6.45, 7) is 3.18. The molecule has 0 atom stereocenters. The van der Waals surface area contributed by atoms with Gasteiger partial charge in [-0.3, -0.25) is 14.6 Å². The highest BCUT2D eigenvalue weighted by atomic mass is 19.1. The number of aromatic nitrogens is 3. The lowest BCUT2D eigenvalue weighted by molar-refractivity contribution is -0.118. The summed E-state index contributed by atoms with van der Waals surface area (Å²) in [6.07, 6.45) is 5.20. The molecule has 1 aliphatic heterocycles. The monoisotopic (exact) mass is 495 g/mol. The van der Waals surface area contributed by atoms with Gasteiger partial charge in [0.05, 0.1) is 28.5 Å². The fourth-order valence-corrected chi connectivity index (χ4v) is 5.09. The molecule has 3 aromatic rings. The summed E-state index contributed by atoms with van der Waals surface area (Å²) in [5.41, 5.74) is 1.25. The summed E-state index contributed by atoms with van der Waals surface area (Å²) in [5.74, 6) is 0.362. The summed E-state index contributed by atoms with van der Waals surface area (Å²) >= 11 is 0. The molecule has 2 N–H and O–H groups in total. The maximum Gasteiger partial charge on any atom is 0.263 e. The maximum atomic E-state index is 13.8. The van der Waals surface area contributed by atoms with E-state index in [1.54, 1.807) is 17.7 Å². The highest BCUT2D eigenvalue weighted by Gasteiger charge is 2.40. The SMILES string of the molecule is COC1(CCn2c(=O)ccc3ncc(F)cc32)CCC(C)(NCc2ccc3c(n2)NC(=O)CO3)CC1. The van der Waals surface area contributed by atoms with E-state index in [0.29, 0.717) is 42.1 Å². The predicted octanol–water partition coefficient (Wildman–Crippen LogP) is 3.16. The van der Waals surface area contributed by atoms with Crippen molar-refractivity contribution in [3.63, 3.8) is 0 Å². The predicted molar refractivity (Wildman–Crippen MR) is 132 cm³/mol. The zero-order chi connectivity index (χ0) is 25.3. The van der Waals surface area contributed by atoms with Gasteiger partial charge in [-0.1, -0.05) is 0 Å². The Hall–Kier alpha value is -3.37. The Morgan fingerprint density at radius 2 is 2.00 bits per heavy atom. The number of pyridine rings is 3. The Bertz CT molecular complexity index is 1350. The van der Waals surface area contributed by atoms with Crippen LogP contribution in [0, 0.1) is 5.82 Å². The molecule has 0 saturated heterocycles. The molecule has 1 fully saturated rings. The van der Waals surface area contributed by atoms with Crippen molar-refractivity contribution in [2.75, 3.05) is 19.0 Å². The van der Waals surface area contributed by atoms with E-state index in [1.165, 1.54) is 12.1 Å². The molecular weight excluding hydrogens is 465 g/mol. The van der Waals surface area contributed by atoms with Crippen molar-refractivity contribution >= 4 is 22.8 Å². The number of halogens is 1. The van der Waals surface area contributed by atoms with Gasteiger partial charge >= 0.3 is 0 Å². The van der Waals surface area contributed by atoms with Crippen LogP contribution in [0.15, 0.2) is 41.3 Å². The summed E-state index contributed by atoms with van der Waals surface area (Å²) in [7, 11) is 1.72. The quantitative estimate of drug-likeness (QED) is 0.519. The van der Waals surface area contributed by atoms with E-state index in [0.717, 1.165) is 37.6 Å². The van der Waals surface area contributed by atoms with Gasteiger partial charge < -0.3 is 24.7 Å². The fraction of sp³-hybridized carbons (Fsp3) is 0.462. The average Bonchev–Trinajstić information content (AvgIpc) is 2.88. The average molecular weight is 496 g/mol. The number of ether oxygens (including phenoxy) is 2. The number of nitrogens with one attached hydrogen (secondary N) is 2. The third-order valence-corrected chi connectivity index (χ3v) is 7.52. The number of amides is 1. The number of methoxy groups -OCH3 is 1. The van der Waals surface area contributed by atoms with Crippen molar-refractivity contribution in [3.8, 4) is 5.75 Å². The van der Waals surface area contributed by atoms with Crippen LogP contribution in [0.2, 0.25) is 0 Å². The number of fused-ring (bicyclic) bond motifs is 2. The second-order valence-corrected chi connectivity index (χ2v) is 9.92. The Balaban J connectivity index is 1.22. The second-order valence-electron chi connectivity index (χ2n) is 9.92. The Morgan fingerprint density at radius 3 is 2.78 bits per heavy atom. The Kier molecular flexibility index (Phi) is 6.48. The van der Waals surface area contributed by atoms with E-state index >= 15 is 0 Å². The largest absolute Gasteiger partial charge is 0.480 e. The van der Waals surface area contributed by atoms with Gasteiger partial charge in [0, 0.05) is 37.9 Å². The molecule has 4 heterocycles. The lowest BCUT2D eigenvalue weighted by Crippen LogP contribution is -2.50. The van der Waals surface area contributed by atoms with E-state index in [1.807, 2.05) is 12.1 Å². The number of aryl methyl sites for hydroxylation is 1. The van der Waals surface area contributed by atoms with Crippen molar-refractivity contribution < 1.29 is 18.7 Å². The zero-order valence-electron chi connectivity index (χ0n) is 20.5. The molecule has 1 saturated carbocycles. The first-order valence-electron chi connectivity index (χ1n) is 12.2. The van der Waals surface area contributed by atoms with Crippen LogP contribution in [0.4, 0.5) is 10.2 Å². The summed E-state index contributed by atoms with van der Waals surface area (Å²) < 4.78 is 26.8. The van der Waals surface area contributed by atoms with E-state index in [4.69, 9.17) is 9.47 Å². The normalized spacial score (nSPS) is 23.7. The van der Waals surface area contributed by atoms with Crippen LogP contribution in [0.25, 0.3) is 11.0 Å². The van der Waals surface area contributed by atoms with Crippen LogP contribution in [-0.2, 0) is 22.6 Å². The molecule has 36 heavy (non-hydrogen) atoms. The third-order valence-electron chi connectivity index (χ3n) is 7.52. The highest BCUT2D eigenvalue weighted by Crippen LogP contribution is 2.39. The van der Waals surface area contributed by atoms with Crippen molar-refractivity contribution in [2.45, 2.75) is 63.3 Å². The lowest BCUT2D eigenvalue weighted by atomic mass is 9.73. The molecule has 2 aliphatic rings. The number of anilines is 1. The van der Waals surface area contributed by atoms with Crippen LogP contribution >= 0.6 is 0 Å². The number of rotatable bonds is 7. The third kappa shape index (κ3) is 4.96. The van der Waals surface area contributed by atoms with Crippen molar-refractivity contribution in [1.29, 1.82) is 0 Å². The summed E-state index contributed by atoms with van der Waals surface area (Å²) in [5, 5.41) is 6.37. The van der Waals surface area contributed by atoms with Gasteiger partial charge in [0.1, 0.15) is 5.82 Å². The molecular formula is C26H30FN5O4. The van der Waals surface area contributed by atoms with E-state index in [2.05, 4.69) is 27.5 Å². The minimum Gasteiger partial charge on any atom is -0.480 e. The van der Waals surface area contributed by atoms with Gasteiger partial charge in [0.25, 0.3) is 11.5 Å². The highest BCUT2D eigenvalue weighted by molar-refractivity contribution is 5.94. The minimum absolute atomic E-state index is 0.00844. The first-order chi connectivity index (χ1) is 17.3. The molecule has 1 amide bonds. The van der Waals surface area contributed by atoms with E-state index in [9.17, 15) is 14.0 Å². The number of carbonyl (C=O) groups is 1. The molecule has 0 unspecified atom stereocenters. The maximum absolute atomic E-state index is 13.8. The van der Waals surface area contributed by atoms with Crippen LogP contribution in [-0.4, -0.2) is 45.3 Å². The minimum atomic E-state index is -0.467. The topological polar surface area (TPSA) is 107 Å². The molecule has 0 aromatic carbocycles. The van der Waals surface area contributed by atoms with Crippen molar-refractivity contribution in [3.05, 3.63) is 58.4 Å². The van der Waals surface area contributed by atoms with Gasteiger partial charge in [-0.25, -0.2) is 9.37 Å². The first kappa shape index (κ1) is 24.3. The smallest absolute Gasteiger partial charge is 0.263 e. The Morgan fingerprint density at radius 1 is 1.19 bits per heavy atom. The molecule has 190 valence electrons. The van der Waals surface area contributed by atoms with Gasteiger partial charge in [-0.15, -0.1) is 0 Å². The standard InChI is InChI=1S/C26H30FN5O4/c1-25(29-15-18-3-5-21-24(30-18)31-22(33)16-36-21)7-9-26(35-2,10-8-25)11-12-32-20-13-17(27)14-28-19(20)4-6-23(32)34/h3-6,13-14,29H,7-12,15-16H2,1-2H3,(H,30,31,33). The summed E-state index contributed by atoms with van der Waals surface area (Å²) in [4.78, 5) is 32.8. The molecule has 0 spiro atoms. The number of nitrogens with zero attached hydrogens (tertiary/aromatic N) is 3. The Labute approximate surface area is 208 Å². The molecule has 9 nitrogen and oxygen atoms in total. The molecule has 1 aliphatic carbocycles.